The zero-order valence-corrected chi connectivity index (χ0v) is 18.9. The summed E-state index contributed by atoms with van der Waals surface area (Å²) in [5.41, 5.74) is 3.80. The van der Waals surface area contributed by atoms with E-state index >= 15 is 0 Å². The Bertz CT molecular complexity index is 756. The largest absolute Gasteiger partial charge is 0.357 e. The van der Waals surface area contributed by atoms with Gasteiger partial charge in [-0.1, -0.05) is 30.7 Å². The first kappa shape index (κ1) is 21.8. The first-order valence-electron chi connectivity index (χ1n) is 10.9. The van der Waals surface area contributed by atoms with E-state index in [2.05, 4.69) is 65.6 Å². The normalized spacial score (nSPS) is 15.5. The summed E-state index contributed by atoms with van der Waals surface area (Å²) in [7, 11) is 0. The minimum atomic E-state index is 0.689. The number of likely N-dealkylation sites (tertiary alicyclic amines) is 1. The second-order valence-electron chi connectivity index (χ2n) is 7.77. The molecule has 3 rings (SSSR count). The number of aliphatic imine (C=N–C) groups is 1. The van der Waals surface area contributed by atoms with Gasteiger partial charge in [-0.3, -0.25) is 4.90 Å². The van der Waals surface area contributed by atoms with E-state index in [1.807, 2.05) is 0 Å². The minimum Gasteiger partial charge on any atom is -0.357 e. The molecule has 2 heterocycles. The Kier molecular flexibility index (Phi) is 8.50. The van der Waals surface area contributed by atoms with Crippen LogP contribution in [0, 0.1) is 13.8 Å². The molecule has 0 unspecified atom stereocenters. The van der Waals surface area contributed by atoms with E-state index in [4.69, 9.17) is 4.99 Å². The molecular weight excluding hydrogens is 378 g/mol. The molecule has 0 bridgehead atoms. The molecule has 158 valence electrons. The molecule has 0 saturated carbocycles. The van der Waals surface area contributed by atoms with Crippen LogP contribution in [-0.4, -0.2) is 42.0 Å². The average molecular weight is 414 g/mol. The molecule has 0 atom stereocenters. The molecule has 1 fully saturated rings. The van der Waals surface area contributed by atoms with Gasteiger partial charge in [0.15, 0.2) is 5.96 Å². The summed E-state index contributed by atoms with van der Waals surface area (Å²) < 4.78 is 0. The molecule has 2 N–H and O–H groups in total. The molecule has 1 aliphatic rings. The van der Waals surface area contributed by atoms with Gasteiger partial charge < -0.3 is 10.6 Å². The van der Waals surface area contributed by atoms with Gasteiger partial charge in [0, 0.05) is 30.9 Å². The second kappa shape index (κ2) is 11.3. The lowest BCUT2D eigenvalue weighted by molar-refractivity contribution is 0.221. The number of hydrogen-bond acceptors (Lipinski definition) is 4. The van der Waals surface area contributed by atoms with Crippen LogP contribution in [0.1, 0.15) is 52.9 Å². The van der Waals surface area contributed by atoms with Gasteiger partial charge in [0.05, 0.1) is 17.2 Å². The fourth-order valence-electron chi connectivity index (χ4n) is 3.57. The van der Waals surface area contributed by atoms with E-state index in [9.17, 15) is 0 Å². The lowest BCUT2D eigenvalue weighted by Crippen LogP contribution is -2.38. The number of nitrogens with one attached hydrogen (secondary N) is 2. The molecule has 0 aliphatic carbocycles. The molecule has 1 aromatic heterocycles. The Morgan fingerprint density at radius 1 is 1.07 bits per heavy atom. The highest BCUT2D eigenvalue weighted by Crippen LogP contribution is 2.16. The third-order valence-electron chi connectivity index (χ3n) is 5.35. The lowest BCUT2D eigenvalue weighted by atomic mass is 10.1. The van der Waals surface area contributed by atoms with Gasteiger partial charge in [-0.25, -0.2) is 9.98 Å². The predicted octanol–water partition coefficient (Wildman–Crippen LogP) is 4.04. The molecule has 1 saturated heterocycles. The van der Waals surface area contributed by atoms with Gasteiger partial charge in [-0.2, -0.15) is 0 Å². The monoisotopic (exact) mass is 413 g/mol. The molecule has 6 heteroatoms. The molecule has 0 amide bonds. The summed E-state index contributed by atoms with van der Waals surface area (Å²) in [6.45, 7) is 12.2. The zero-order valence-electron chi connectivity index (χ0n) is 18.1. The van der Waals surface area contributed by atoms with Crippen LogP contribution in [0.5, 0.6) is 0 Å². The number of aromatic nitrogens is 1. The molecule has 1 aromatic carbocycles. The van der Waals surface area contributed by atoms with Crippen molar-refractivity contribution >= 4 is 17.3 Å². The van der Waals surface area contributed by atoms with Gasteiger partial charge in [0.25, 0.3) is 0 Å². The number of benzene rings is 1. The van der Waals surface area contributed by atoms with E-state index in [0.29, 0.717) is 6.54 Å². The van der Waals surface area contributed by atoms with E-state index < -0.39 is 0 Å². The third kappa shape index (κ3) is 7.12. The number of piperidine rings is 1. The number of thiazole rings is 1. The third-order valence-corrected chi connectivity index (χ3v) is 6.48. The van der Waals surface area contributed by atoms with Crippen LogP contribution in [0.2, 0.25) is 0 Å². The van der Waals surface area contributed by atoms with Crippen molar-refractivity contribution in [2.75, 3.05) is 26.2 Å². The van der Waals surface area contributed by atoms with Gasteiger partial charge in [-0.15, -0.1) is 11.3 Å². The van der Waals surface area contributed by atoms with Crippen LogP contribution in [0.4, 0.5) is 0 Å². The van der Waals surface area contributed by atoms with Crippen molar-refractivity contribution in [2.45, 2.75) is 59.5 Å². The summed E-state index contributed by atoms with van der Waals surface area (Å²) in [6.07, 6.45) is 5.00. The topological polar surface area (TPSA) is 52.6 Å². The van der Waals surface area contributed by atoms with Crippen molar-refractivity contribution in [3.8, 4) is 0 Å². The quantitative estimate of drug-likeness (QED) is 0.506. The number of guanidine groups is 1. The molecule has 2 aromatic rings. The van der Waals surface area contributed by atoms with Crippen LogP contribution in [0.3, 0.4) is 0 Å². The van der Waals surface area contributed by atoms with Crippen LogP contribution in [-0.2, 0) is 19.5 Å². The Morgan fingerprint density at radius 2 is 1.79 bits per heavy atom. The number of nitrogens with zero attached hydrogens (tertiary/aromatic N) is 3. The first-order chi connectivity index (χ1) is 14.1. The fraction of sp³-hybridized carbons (Fsp3) is 0.565. The summed E-state index contributed by atoms with van der Waals surface area (Å²) >= 11 is 1.79. The standard InChI is InChI=1S/C23H35N5S/c1-4-24-23(25-13-12-22-27-18(2)19(3)29-22)26-16-20-8-10-21(11-9-20)17-28-14-6-5-7-15-28/h8-11H,4-7,12-17H2,1-3H3,(H2,24,25,26). The maximum atomic E-state index is 4.75. The molecule has 1 aliphatic heterocycles. The zero-order chi connectivity index (χ0) is 20.5. The van der Waals surface area contributed by atoms with E-state index in [1.165, 1.54) is 53.4 Å². The Labute approximate surface area is 179 Å². The highest BCUT2D eigenvalue weighted by molar-refractivity contribution is 7.11. The van der Waals surface area contributed by atoms with Crippen molar-refractivity contribution in [1.29, 1.82) is 0 Å². The second-order valence-corrected chi connectivity index (χ2v) is 9.06. The number of hydrogen-bond donors (Lipinski definition) is 2. The Morgan fingerprint density at radius 3 is 2.45 bits per heavy atom. The fourth-order valence-corrected chi connectivity index (χ4v) is 4.51. The number of rotatable bonds is 8. The first-order valence-corrected chi connectivity index (χ1v) is 11.7. The van der Waals surface area contributed by atoms with Crippen molar-refractivity contribution in [3.63, 3.8) is 0 Å². The summed E-state index contributed by atoms with van der Waals surface area (Å²) in [5.74, 6) is 0.870. The molecule has 0 spiro atoms. The van der Waals surface area contributed by atoms with E-state index in [-0.39, 0.29) is 0 Å². The summed E-state index contributed by atoms with van der Waals surface area (Å²) in [6, 6.07) is 8.95. The van der Waals surface area contributed by atoms with Gasteiger partial charge in [0.2, 0.25) is 0 Å². The van der Waals surface area contributed by atoms with E-state index in [1.54, 1.807) is 11.3 Å². The molecule has 5 nitrogen and oxygen atoms in total. The van der Waals surface area contributed by atoms with Crippen LogP contribution >= 0.6 is 11.3 Å². The van der Waals surface area contributed by atoms with Crippen LogP contribution in [0.15, 0.2) is 29.3 Å². The van der Waals surface area contributed by atoms with Crippen molar-refractivity contribution in [1.82, 2.24) is 20.5 Å². The van der Waals surface area contributed by atoms with Gasteiger partial charge in [-0.05, 0) is 57.8 Å². The predicted molar refractivity (Wildman–Crippen MR) is 124 cm³/mol. The van der Waals surface area contributed by atoms with Crippen LogP contribution in [0.25, 0.3) is 0 Å². The van der Waals surface area contributed by atoms with Crippen LogP contribution < -0.4 is 10.6 Å². The smallest absolute Gasteiger partial charge is 0.191 e. The number of aryl methyl sites for hydroxylation is 2. The molecule has 29 heavy (non-hydrogen) atoms. The summed E-state index contributed by atoms with van der Waals surface area (Å²) in [5, 5.41) is 7.96. The van der Waals surface area contributed by atoms with Gasteiger partial charge >= 0.3 is 0 Å². The summed E-state index contributed by atoms with van der Waals surface area (Å²) in [4.78, 5) is 13.2. The van der Waals surface area contributed by atoms with Gasteiger partial charge in [0.1, 0.15) is 0 Å². The lowest BCUT2D eigenvalue weighted by Gasteiger charge is -2.26. The highest BCUT2D eigenvalue weighted by atomic mass is 32.1. The Balaban J connectivity index is 1.48. The van der Waals surface area contributed by atoms with Crippen molar-refractivity contribution in [3.05, 3.63) is 51.0 Å². The van der Waals surface area contributed by atoms with Crippen molar-refractivity contribution < 1.29 is 0 Å². The minimum absolute atomic E-state index is 0.689. The maximum absolute atomic E-state index is 4.75. The van der Waals surface area contributed by atoms with Crippen molar-refractivity contribution in [2.24, 2.45) is 4.99 Å². The maximum Gasteiger partial charge on any atom is 0.191 e. The average Bonchev–Trinajstić information content (AvgIpc) is 3.05. The molecular formula is C23H35N5S. The molecule has 0 radical (unpaired) electrons. The Hall–Kier alpha value is -1.92. The van der Waals surface area contributed by atoms with E-state index in [0.717, 1.165) is 37.7 Å². The SMILES string of the molecule is CCNC(=NCc1ccc(CN2CCCCC2)cc1)NCCc1nc(C)c(C)s1. The highest BCUT2D eigenvalue weighted by Gasteiger charge is 2.10.